The average molecular weight is 245 g/mol. The highest BCUT2D eigenvalue weighted by Gasteiger charge is 2.38. The van der Waals surface area contributed by atoms with E-state index in [-0.39, 0.29) is 5.75 Å². The molecule has 0 aromatic heterocycles. The quantitative estimate of drug-likeness (QED) is 0.723. The fourth-order valence-electron chi connectivity index (χ4n) is 3.22. The van der Waals surface area contributed by atoms with Crippen molar-refractivity contribution in [1.82, 2.24) is 5.32 Å². The summed E-state index contributed by atoms with van der Waals surface area (Å²) >= 11 is 0. The van der Waals surface area contributed by atoms with E-state index in [1.807, 2.05) is 0 Å². The fraction of sp³-hybridized carbons (Fsp3) is 1.00. The number of fused-ring (bicyclic) bond motifs is 2. The molecule has 2 saturated carbocycles. The predicted molar refractivity (Wildman–Crippen MR) is 66.2 cm³/mol. The molecule has 1 N–H and O–H groups in total. The molecule has 0 spiro atoms. The maximum atomic E-state index is 11.3. The molecule has 0 radical (unpaired) electrons. The summed E-state index contributed by atoms with van der Waals surface area (Å²) in [4.78, 5) is 0. The van der Waals surface area contributed by atoms with Gasteiger partial charge in [0.15, 0.2) is 0 Å². The molecular weight excluding hydrogens is 222 g/mol. The van der Waals surface area contributed by atoms with Crippen LogP contribution in [0.4, 0.5) is 0 Å². The molecule has 16 heavy (non-hydrogen) atoms. The van der Waals surface area contributed by atoms with Crippen molar-refractivity contribution in [3.05, 3.63) is 0 Å². The normalized spacial score (nSPS) is 33.4. The molecular formula is C12H23NO2S. The molecule has 3 unspecified atom stereocenters. The number of sulfone groups is 1. The Hall–Kier alpha value is -0.0900. The van der Waals surface area contributed by atoms with Crippen molar-refractivity contribution < 1.29 is 8.42 Å². The molecule has 0 saturated heterocycles. The molecule has 0 aromatic rings. The molecule has 0 aliphatic heterocycles. The summed E-state index contributed by atoms with van der Waals surface area (Å²) < 4.78 is 22.6. The van der Waals surface area contributed by atoms with Gasteiger partial charge in [-0.25, -0.2) is 8.42 Å². The van der Waals surface area contributed by atoms with Gasteiger partial charge in [0.2, 0.25) is 0 Å². The molecule has 3 nitrogen and oxygen atoms in total. The molecule has 3 atom stereocenters. The van der Waals surface area contributed by atoms with Crippen LogP contribution >= 0.6 is 0 Å². The van der Waals surface area contributed by atoms with Gasteiger partial charge in [-0.3, -0.25) is 0 Å². The second-order valence-corrected chi connectivity index (χ2v) is 7.80. The molecule has 2 aliphatic carbocycles. The van der Waals surface area contributed by atoms with Crippen LogP contribution < -0.4 is 5.32 Å². The highest BCUT2D eigenvalue weighted by molar-refractivity contribution is 7.91. The Morgan fingerprint density at radius 2 is 2.06 bits per heavy atom. The smallest absolute Gasteiger partial charge is 0.150 e. The van der Waals surface area contributed by atoms with Gasteiger partial charge in [0.05, 0.1) is 5.75 Å². The summed E-state index contributed by atoms with van der Waals surface area (Å²) in [6.07, 6.45) is 6.31. The molecule has 4 heteroatoms. The van der Waals surface area contributed by atoms with Gasteiger partial charge in [0.25, 0.3) is 0 Å². The molecule has 0 amide bonds. The van der Waals surface area contributed by atoms with Gasteiger partial charge in [-0.1, -0.05) is 13.3 Å². The van der Waals surface area contributed by atoms with Crippen molar-refractivity contribution in [3.8, 4) is 0 Å². The predicted octanol–water partition coefficient (Wildman–Crippen LogP) is 1.59. The SMILES string of the molecule is CCS(=O)(=O)CCCNC1CC2CCC1C2. The molecule has 2 aliphatic rings. The van der Waals surface area contributed by atoms with E-state index in [1.165, 1.54) is 25.7 Å². The third-order valence-corrected chi connectivity index (χ3v) is 6.01. The topological polar surface area (TPSA) is 46.2 Å². The molecule has 0 aromatic carbocycles. The Labute approximate surface area is 98.9 Å². The van der Waals surface area contributed by atoms with Crippen LogP contribution in [0.1, 0.15) is 39.0 Å². The Balaban J connectivity index is 1.62. The van der Waals surface area contributed by atoms with Crippen LogP contribution in [0.25, 0.3) is 0 Å². The zero-order chi connectivity index (χ0) is 11.6. The summed E-state index contributed by atoms with van der Waals surface area (Å²) in [5, 5.41) is 3.55. The zero-order valence-electron chi connectivity index (χ0n) is 10.1. The van der Waals surface area contributed by atoms with Crippen molar-refractivity contribution in [3.63, 3.8) is 0 Å². The lowest BCUT2D eigenvalue weighted by Crippen LogP contribution is -2.35. The van der Waals surface area contributed by atoms with E-state index in [2.05, 4.69) is 5.32 Å². The first-order valence-corrected chi connectivity index (χ1v) is 8.36. The summed E-state index contributed by atoms with van der Waals surface area (Å²) in [7, 11) is -2.77. The van der Waals surface area contributed by atoms with Gasteiger partial charge < -0.3 is 5.32 Å². The molecule has 2 fully saturated rings. The molecule has 2 rings (SSSR count). The second-order valence-electron chi connectivity index (χ2n) is 5.33. The minimum atomic E-state index is -2.77. The van der Waals surface area contributed by atoms with Crippen molar-refractivity contribution in [2.45, 2.75) is 45.1 Å². The van der Waals surface area contributed by atoms with Crippen LogP contribution in [0.3, 0.4) is 0 Å². The highest BCUT2D eigenvalue weighted by atomic mass is 32.2. The summed E-state index contributed by atoms with van der Waals surface area (Å²) in [6.45, 7) is 2.59. The van der Waals surface area contributed by atoms with Crippen molar-refractivity contribution >= 4 is 9.84 Å². The van der Waals surface area contributed by atoms with Crippen LogP contribution in [0.2, 0.25) is 0 Å². The van der Waals surface area contributed by atoms with E-state index >= 15 is 0 Å². The fourth-order valence-corrected chi connectivity index (χ4v) is 4.09. The van der Waals surface area contributed by atoms with E-state index in [4.69, 9.17) is 0 Å². The van der Waals surface area contributed by atoms with E-state index in [1.54, 1.807) is 6.92 Å². The maximum Gasteiger partial charge on any atom is 0.150 e. The maximum absolute atomic E-state index is 11.3. The largest absolute Gasteiger partial charge is 0.314 e. The third kappa shape index (κ3) is 2.98. The lowest BCUT2D eigenvalue weighted by Gasteiger charge is -2.22. The van der Waals surface area contributed by atoms with Crippen LogP contribution in [0.15, 0.2) is 0 Å². The Morgan fingerprint density at radius 1 is 1.25 bits per heavy atom. The lowest BCUT2D eigenvalue weighted by molar-refractivity contribution is 0.353. The summed E-state index contributed by atoms with van der Waals surface area (Å²) in [5.41, 5.74) is 0. The standard InChI is InChI=1S/C12H23NO2S/c1-2-16(14,15)7-3-6-13-12-9-10-4-5-11(12)8-10/h10-13H,2-9H2,1H3. The van der Waals surface area contributed by atoms with Gasteiger partial charge in [-0.15, -0.1) is 0 Å². The van der Waals surface area contributed by atoms with Crippen molar-refractivity contribution in [2.75, 3.05) is 18.1 Å². The highest BCUT2D eigenvalue weighted by Crippen LogP contribution is 2.44. The van der Waals surface area contributed by atoms with Gasteiger partial charge in [0, 0.05) is 11.8 Å². The summed E-state index contributed by atoms with van der Waals surface area (Å²) in [6, 6.07) is 0.683. The van der Waals surface area contributed by atoms with Gasteiger partial charge in [0.1, 0.15) is 9.84 Å². The third-order valence-electron chi connectivity index (χ3n) is 4.22. The molecule has 0 heterocycles. The minimum Gasteiger partial charge on any atom is -0.314 e. The summed E-state index contributed by atoms with van der Waals surface area (Å²) in [5.74, 6) is 2.47. The first-order valence-electron chi connectivity index (χ1n) is 6.54. The Morgan fingerprint density at radius 3 is 2.62 bits per heavy atom. The first-order chi connectivity index (χ1) is 7.61. The average Bonchev–Trinajstić information content (AvgIpc) is 2.86. The Bertz CT molecular complexity index is 326. The zero-order valence-corrected chi connectivity index (χ0v) is 10.9. The number of hydrogen-bond donors (Lipinski definition) is 1. The lowest BCUT2D eigenvalue weighted by atomic mass is 9.95. The number of rotatable bonds is 6. The first kappa shape index (κ1) is 12.4. The second kappa shape index (κ2) is 5.05. The van der Waals surface area contributed by atoms with E-state index in [0.717, 1.165) is 24.8 Å². The van der Waals surface area contributed by atoms with Crippen molar-refractivity contribution in [1.29, 1.82) is 0 Å². The van der Waals surface area contributed by atoms with Crippen LogP contribution in [-0.4, -0.2) is 32.5 Å². The molecule has 2 bridgehead atoms. The van der Waals surface area contributed by atoms with Gasteiger partial charge in [-0.05, 0) is 44.1 Å². The van der Waals surface area contributed by atoms with Crippen LogP contribution in [0.5, 0.6) is 0 Å². The van der Waals surface area contributed by atoms with Crippen molar-refractivity contribution in [2.24, 2.45) is 11.8 Å². The van der Waals surface area contributed by atoms with E-state index in [9.17, 15) is 8.42 Å². The van der Waals surface area contributed by atoms with Crippen LogP contribution in [0, 0.1) is 11.8 Å². The monoisotopic (exact) mass is 245 g/mol. The Kier molecular flexibility index (Phi) is 3.90. The number of nitrogens with one attached hydrogen (secondary N) is 1. The van der Waals surface area contributed by atoms with E-state index in [0.29, 0.717) is 11.8 Å². The van der Waals surface area contributed by atoms with Crippen LogP contribution in [-0.2, 0) is 9.84 Å². The minimum absolute atomic E-state index is 0.279. The van der Waals surface area contributed by atoms with E-state index < -0.39 is 9.84 Å². The molecule has 94 valence electrons. The van der Waals surface area contributed by atoms with Gasteiger partial charge in [-0.2, -0.15) is 0 Å². The van der Waals surface area contributed by atoms with Gasteiger partial charge >= 0.3 is 0 Å². The number of hydrogen-bond acceptors (Lipinski definition) is 3.